The molecule has 0 bridgehead atoms. The normalized spacial score (nSPS) is 17.1. The lowest BCUT2D eigenvalue weighted by Gasteiger charge is -2.16. The molecule has 0 unspecified atom stereocenters. The minimum Gasteiger partial charge on any atom is -0.370 e. The fourth-order valence-electron chi connectivity index (χ4n) is 2.95. The van der Waals surface area contributed by atoms with Gasteiger partial charge >= 0.3 is 0 Å². The van der Waals surface area contributed by atoms with Crippen LogP contribution >= 0.6 is 24.0 Å². The van der Waals surface area contributed by atoms with Crippen molar-refractivity contribution in [2.24, 2.45) is 10.7 Å². The Balaban J connectivity index is 0.00000441. The summed E-state index contributed by atoms with van der Waals surface area (Å²) in [5.41, 5.74) is 5.98. The van der Waals surface area contributed by atoms with Crippen LogP contribution in [0, 0.1) is 0 Å². The monoisotopic (exact) mass is 424 g/mol. The van der Waals surface area contributed by atoms with E-state index in [2.05, 4.69) is 29.3 Å². The first-order chi connectivity index (χ1) is 10.2. The molecule has 0 spiro atoms. The fraction of sp³-hybridized carbons (Fsp3) is 0.941. The third kappa shape index (κ3) is 12.5. The van der Waals surface area contributed by atoms with Gasteiger partial charge in [-0.25, -0.2) is 0 Å². The van der Waals surface area contributed by atoms with Crippen molar-refractivity contribution in [3.8, 4) is 0 Å². The highest BCUT2D eigenvalue weighted by molar-refractivity contribution is 14.0. The third-order valence-electron chi connectivity index (χ3n) is 4.25. The van der Waals surface area contributed by atoms with E-state index in [0.29, 0.717) is 12.0 Å². The summed E-state index contributed by atoms with van der Waals surface area (Å²) in [4.78, 5) is 6.72. The van der Waals surface area contributed by atoms with Gasteiger partial charge in [0.1, 0.15) is 0 Å². The highest BCUT2D eigenvalue weighted by Crippen LogP contribution is 2.16. The van der Waals surface area contributed by atoms with Gasteiger partial charge in [-0.1, -0.05) is 44.9 Å². The summed E-state index contributed by atoms with van der Waals surface area (Å²) in [6.45, 7) is 2.08. The molecule has 0 aromatic carbocycles. The number of nitrogens with two attached hydrogens (primary N) is 1. The number of hydrogen-bond donors (Lipinski definition) is 2. The minimum absolute atomic E-state index is 0. The Morgan fingerprint density at radius 3 is 2.23 bits per heavy atom. The topological polar surface area (TPSA) is 53.6 Å². The maximum atomic E-state index is 5.98. The zero-order chi connectivity index (χ0) is 15.3. The summed E-state index contributed by atoms with van der Waals surface area (Å²) in [6, 6.07) is 0.558. The largest absolute Gasteiger partial charge is 0.370 e. The van der Waals surface area contributed by atoms with Crippen molar-refractivity contribution in [3.05, 3.63) is 0 Å². The predicted molar refractivity (Wildman–Crippen MR) is 108 cm³/mol. The number of aliphatic imine (C=N–C) groups is 1. The molecule has 4 nitrogen and oxygen atoms in total. The molecule has 0 radical (unpaired) electrons. The van der Waals surface area contributed by atoms with E-state index in [0.717, 1.165) is 13.0 Å². The predicted octanol–water partition coefficient (Wildman–Crippen LogP) is 3.74. The van der Waals surface area contributed by atoms with Crippen molar-refractivity contribution in [1.29, 1.82) is 0 Å². The van der Waals surface area contributed by atoms with E-state index >= 15 is 0 Å². The molecule has 22 heavy (non-hydrogen) atoms. The van der Waals surface area contributed by atoms with Gasteiger partial charge in [0.05, 0.1) is 0 Å². The van der Waals surface area contributed by atoms with Crippen LogP contribution in [0.3, 0.4) is 0 Å². The molecule has 0 aromatic heterocycles. The smallest absolute Gasteiger partial charge is 0.188 e. The van der Waals surface area contributed by atoms with Gasteiger partial charge < -0.3 is 16.0 Å². The molecule has 3 N–H and O–H groups in total. The van der Waals surface area contributed by atoms with Crippen LogP contribution in [0.15, 0.2) is 4.99 Å². The lowest BCUT2D eigenvalue weighted by Crippen LogP contribution is -2.39. The summed E-state index contributed by atoms with van der Waals surface area (Å²) in [6.07, 6.45) is 14.3. The van der Waals surface area contributed by atoms with Gasteiger partial charge in [-0.05, 0) is 46.3 Å². The second-order valence-electron chi connectivity index (χ2n) is 6.67. The highest BCUT2D eigenvalue weighted by atomic mass is 127. The average molecular weight is 424 g/mol. The molecule has 132 valence electrons. The van der Waals surface area contributed by atoms with Crippen LogP contribution in [0.25, 0.3) is 0 Å². The van der Waals surface area contributed by atoms with Gasteiger partial charge in [0.15, 0.2) is 5.96 Å². The Morgan fingerprint density at radius 1 is 1.00 bits per heavy atom. The zero-order valence-electron chi connectivity index (χ0n) is 14.6. The van der Waals surface area contributed by atoms with Crippen LogP contribution in [-0.2, 0) is 0 Å². The van der Waals surface area contributed by atoms with E-state index in [9.17, 15) is 0 Å². The second kappa shape index (κ2) is 14.5. The number of halogens is 1. The van der Waals surface area contributed by atoms with Crippen molar-refractivity contribution >= 4 is 29.9 Å². The lowest BCUT2D eigenvalue weighted by molar-refractivity contribution is 0.390. The summed E-state index contributed by atoms with van der Waals surface area (Å²) >= 11 is 0. The van der Waals surface area contributed by atoms with E-state index in [1.54, 1.807) is 0 Å². The Bertz CT molecular complexity index is 274. The first-order valence-corrected chi connectivity index (χ1v) is 8.89. The molecular weight excluding hydrogens is 387 g/mol. The van der Waals surface area contributed by atoms with Crippen molar-refractivity contribution in [2.75, 3.05) is 27.2 Å². The van der Waals surface area contributed by atoms with Gasteiger partial charge in [-0.15, -0.1) is 24.0 Å². The Hall–Kier alpha value is -0.0400. The molecule has 0 atom stereocenters. The molecule has 5 heteroatoms. The molecule has 0 amide bonds. The standard InChI is InChI=1S/C17H36N4.HI/c1-21(2)15-11-7-3-6-10-14-19-17(18)20-16-12-8-4-5-9-13-16;/h16H,3-15H2,1-2H3,(H3,18,19,20);1H. The van der Waals surface area contributed by atoms with Crippen molar-refractivity contribution in [3.63, 3.8) is 0 Å². The molecule has 1 aliphatic carbocycles. The van der Waals surface area contributed by atoms with E-state index in [1.165, 1.54) is 70.8 Å². The number of rotatable bonds is 9. The first kappa shape index (κ1) is 22.0. The maximum absolute atomic E-state index is 5.98. The van der Waals surface area contributed by atoms with Gasteiger partial charge in [0.2, 0.25) is 0 Å². The van der Waals surface area contributed by atoms with Crippen LogP contribution in [0.1, 0.15) is 70.6 Å². The van der Waals surface area contributed by atoms with E-state index in [4.69, 9.17) is 5.73 Å². The molecule has 1 fully saturated rings. The summed E-state index contributed by atoms with van der Waals surface area (Å²) in [7, 11) is 4.28. The number of nitrogens with one attached hydrogen (secondary N) is 1. The van der Waals surface area contributed by atoms with Crippen LogP contribution in [0.2, 0.25) is 0 Å². The second-order valence-corrected chi connectivity index (χ2v) is 6.67. The molecule has 1 aliphatic rings. The van der Waals surface area contributed by atoms with E-state index in [1.807, 2.05) is 0 Å². The zero-order valence-corrected chi connectivity index (χ0v) is 17.0. The van der Waals surface area contributed by atoms with Gasteiger partial charge in [0.25, 0.3) is 0 Å². The summed E-state index contributed by atoms with van der Waals surface area (Å²) < 4.78 is 0. The SMILES string of the molecule is CN(C)CCCCCCCN=C(N)NC1CCCCCC1.I. The number of nitrogens with zero attached hydrogens (tertiary/aromatic N) is 2. The molecule has 0 saturated heterocycles. The van der Waals surface area contributed by atoms with Crippen molar-refractivity contribution in [2.45, 2.75) is 76.7 Å². The lowest BCUT2D eigenvalue weighted by atomic mass is 10.1. The van der Waals surface area contributed by atoms with Gasteiger partial charge in [-0.2, -0.15) is 0 Å². The fourth-order valence-corrected chi connectivity index (χ4v) is 2.95. The number of guanidine groups is 1. The molecule has 0 aromatic rings. The first-order valence-electron chi connectivity index (χ1n) is 8.89. The molecular formula is C17H37IN4. The molecule has 0 heterocycles. The molecule has 1 rings (SSSR count). The summed E-state index contributed by atoms with van der Waals surface area (Å²) in [5.74, 6) is 0.662. The van der Waals surface area contributed by atoms with Crippen LogP contribution in [0.4, 0.5) is 0 Å². The Morgan fingerprint density at radius 2 is 1.59 bits per heavy atom. The summed E-state index contributed by atoms with van der Waals surface area (Å²) in [5, 5.41) is 3.40. The van der Waals surface area contributed by atoms with Crippen LogP contribution in [0.5, 0.6) is 0 Å². The van der Waals surface area contributed by atoms with Gasteiger partial charge in [-0.3, -0.25) is 4.99 Å². The van der Waals surface area contributed by atoms with E-state index in [-0.39, 0.29) is 24.0 Å². The average Bonchev–Trinajstić information content (AvgIpc) is 2.70. The van der Waals surface area contributed by atoms with E-state index < -0.39 is 0 Å². The van der Waals surface area contributed by atoms with Crippen molar-refractivity contribution < 1.29 is 0 Å². The Kier molecular flexibility index (Phi) is 14.5. The third-order valence-corrected chi connectivity index (χ3v) is 4.25. The number of unbranched alkanes of at least 4 members (excludes halogenated alkanes) is 4. The Labute approximate surface area is 154 Å². The number of hydrogen-bond acceptors (Lipinski definition) is 2. The van der Waals surface area contributed by atoms with Crippen molar-refractivity contribution in [1.82, 2.24) is 10.2 Å². The maximum Gasteiger partial charge on any atom is 0.188 e. The highest BCUT2D eigenvalue weighted by Gasteiger charge is 2.11. The quantitative estimate of drug-likeness (QED) is 0.195. The minimum atomic E-state index is 0. The molecule has 0 aliphatic heterocycles. The van der Waals surface area contributed by atoms with Crippen LogP contribution in [-0.4, -0.2) is 44.1 Å². The van der Waals surface area contributed by atoms with Gasteiger partial charge in [0, 0.05) is 12.6 Å². The molecule has 1 saturated carbocycles. The van der Waals surface area contributed by atoms with Crippen LogP contribution < -0.4 is 11.1 Å².